The molecule has 0 spiro atoms. The summed E-state index contributed by atoms with van der Waals surface area (Å²) < 4.78 is 11.6. The highest BCUT2D eigenvalue weighted by Crippen LogP contribution is 2.36. The molecule has 1 aliphatic rings. The number of nitrogens with zero attached hydrogens (tertiary/aromatic N) is 4. The van der Waals surface area contributed by atoms with Crippen molar-refractivity contribution in [1.82, 2.24) is 19.5 Å². The Balaban J connectivity index is 2.10. The van der Waals surface area contributed by atoms with Crippen molar-refractivity contribution in [2.45, 2.75) is 42.7 Å². The molecule has 0 saturated carbocycles. The number of aliphatic hydroxyl groups excluding tert-OH is 3. The topological polar surface area (TPSA) is 143 Å². The van der Waals surface area contributed by atoms with E-state index in [2.05, 4.69) is 15.0 Å². The third-order valence-corrected chi connectivity index (χ3v) is 4.97. The first-order valence-corrected chi connectivity index (χ1v) is 8.74. The highest BCUT2D eigenvalue weighted by Gasteiger charge is 2.55. The van der Waals surface area contributed by atoms with Gasteiger partial charge < -0.3 is 29.9 Å². The van der Waals surface area contributed by atoms with Gasteiger partial charge in [0, 0.05) is 5.75 Å². The fraction of sp³-hybridized carbons (Fsp3) is 0.643. The number of fused-ring (bicyclic) bond motifs is 1. The van der Waals surface area contributed by atoms with Gasteiger partial charge in [-0.05, 0) is 6.42 Å². The van der Waals surface area contributed by atoms with E-state index in [1.807, 2.05) is 6.92 Å². The van der Waals surface area contributed by atoms with Crippen molar-refractivity contribution in [3.63, 3.8) is 0 Å². The van der Waals surface area contributed by atoms with Crippen LogP contribution in [0.1, 0.15) is 13.3 Å². The molecule has 1 aliphatic heterocycles. The van der Waals surface area contributed by atoms with E-state index in [-0.39, 0.29) is 17.0 Å². The van der Waals surface area contributed by atoms with Crippen LogP contribution in [0.3, 0.4) is 0 Å². The number of thioether (sulfide) groups is 1. The van der Waals surface area contributed by atoms with Crippen LogP contribution in [-0.4, -0.2) is 77.7 Å². The van der Waals surface area contributed by atoms with Crippen LogP contribution in [0.25, 0.3) is 11.2 Å². The number of aliphatic hydroxyl groups is 4. The first kappa shape index (κ1) is 18.3. The largest absolute Gasteiger partial charge is 0.479 e. The minimum atomic E-state index is -2.33. The maximum atomic E-state index is 10.8. The molecular weight excluding hydrogens is 352 g/mol. The van der Waals surface area contributed by atoms with E-state index in [0.717, 1.165) is 16.7 Å². The summed E-state index contributed by atoms with van der Waals surface area (Å²) in [6.07, 6.45) is -2.18. The molecule has 11 heteroatoms. The Morgan fingerprint density at radius 2 is 2.16 bits per heavy atom. The summed E-state index contributed by atoms with van der Waals surface area (Å²) in [7, 11) is 1.44. The zero-order valence-electron chi connectivity index (χ0n) is 13.7. The van der Waals surface area contributed by atoms with Crippen molar-refractivity contribution in [3.8, 4) is 5.88 Å². The van der Waals surface area contributed by atoms with Crippen molar-refractivity contribution >= 4 is 22.9 Å². The molecule has 138 valence electrons. The van der Waals surface area contributed by atoms with Gasteiger partial charge in [-0.2, -0.15) is 4.98 Å². The standard InChI is InChI=1S/C14H20N4O6S/c1-3-4-25-13-16-11-8(12(17-13)23-2)15-6-18(11)14(22)10(21)9(20)7(5-19)24-14/h6-7,9-10,19-22H,3-5H2,1-2H3/t7-,9-,10-,14?/m1/s1. The van der Waals surface area contributed by atoms with E-state index >= 15 is 0 Å². The van der Waals surface area contributed by atoms with Crippen molar-refractivity contribution in [2.24, 2.45) is 0 Å². The predicted octanol–water partition coefficient (Wildman–Crippen LogP) is -0.948. The molecule has 1 fully saturated rings. The number of ether oxygens (including phenoxy) is 2. The molecule has 0 radical (unpaired) electrons. The van der Waals surface area contributed by atoms with Crippen LogP contribution in [0.2, 0.25) is 0 Å². The summed E-state index contributed by atoms with van der Waals surface area (Å²) in [6.45, 7) is 1.46. The Morgan fingerprint density at radius 3 is 2.76 bits per heavy atom. The molecule has 3 rings (SSSR count). The van der Waals surface area contributed by atoms with Gasteiger partial charge in [0.25, 0.3) is 5.91 Å². The zero-order valence-corrected chi connectivity index (χ0v) is 14.5. The van der Waals surface area contributed by atoms with Gasteiger partial charge in [0.15, 0.2) is 22.4 Å². The number of imidazole rings is 1. The molecular formula is C14H20N4O6S. The Labute approximate surface area is 147 Å². The minimum Gasteiger partial charge on any atom is -0.479 e. The third kappa shape index (κ3) is 2.96. The highest BCUT2D eigenvalue weighted by atomic mass is 32.2. The average Bonchev–Trinajstić information content (AvgIpc) is 3.15. The quantitative estimate of drug-likeness (QED) is 0.370. The summed E-state index contributed by atoms with van der Waals surface area (Å²) in [4.78, 5) is 12.7. The SMILES string of the molecule is CCCSc1nc(OC)c2ncn(C3(O)O[C@H](CO)[C@@H](O)[C@H]3O)c2n1. The Morgan fingerprint density at radius 1 is 1.40 bits per heavy atom. The number of methoxy groups -OCH3 is 1. The van der Waals surface area contributed by atoms with Crippen LogP contribution in [0, 0.1) is 0 Å². The Bertz CT molecular complexity index is 758. The highest BCUT2D eigenvalue weighted by molar-refractivity contribution is 7.99. The smallest absolute Gasteiger partial charge is 0.286 e. The van der Waals surface area contributed by atoms with Crippen molar-refractivity contribution < 1.29 is 29.9 Å². The van der Waals surface area contributed by atoms with Crippen molar-refractivity contribution in [2.75, 3.05) is 19.5 Å². The monoisotopic (exact) mass is 372 g/mol. The second-order valence-corrected chi connectivity index (χ2v) is 6.65. The van der Waals surface area contributed by atoms with Gasteiger partial charge in [-0.3, -0.25) is 4.57 Å². The molecule has 0 amide bonds. The van der Waals surface area contributed by atoms with Crippen LogP contribution in [0.4, 0.5) is 0 Å². The maximum Gasteiger partial charge on any atom is 0.286 e. The normalized spacial score (nSPS) is 29.4. The Hall–Kier alpha value is -1.50. The molecule has 0 aliphatic carbocycles. The first-order valence-electron chi connectivity index (χ1n) is 7.75. The molecule has 4 atom stereocenters. The van der Waals surface area contributed by atoms with Gasteiger partial charge in [0.2, 0.25) is 5.88 Å². The molecule has 25 heavy (non-hydrogen) atoms. The van der Waals surface area contributed by atoms with Gasteiger partial charge in [0.05, 0.1) is 13.7 Å². The van der Waals surface area contributed by atoms with Crippen LogP contribution >= 0.6 is 11.8 Å². The fourth-order valence-corrected chi connectivity index (χ4v) is 3.31. The van der Waals surface area contributed by atoms with Gasteiger partial charge in [-0.25, -0.2) is 9.97 Å². The molecule has 1 saturated heterocycles. The lowest BCUT2D eigenvalue weighted by Gasteiger charge is -2.27. The number of rotatable bonds is 6. The number of hydrogen-bond acceptors (Lipinski definition) is 10. The lowest BCUT2D eigenvalue weighted by atomic mass is 10.1. The molecule has 4 N–H and O–H groups in total. The molecule has 2 aromatic heterocycles. The molecule has 0 bridgehead atoms. The second-order valence-electron chi connectivity index (χ2n) is 5.58. The van der Waals surface area contributed by atoms with E-state index in [1.165, 1.54) is 25.2 Å². The van der Waals surface area contributed by atoms with Crippen molar-refractivity contribution in [3.05, 3.63) is 6.33 Å². The predicted molar refractivity (Wildman–Crippen MR) is 87.1 cm³/mol. The fourth-order valence-electron chi connectivity index (χ4n) is 2.62. The maximum absolute atomic E-state index is 10.8. The molecule has 3 heterocycles. The summed E-state index contributed by atoms with van der Waals surface area (Å²) in [5, 5.41) is 40.6. The molecule has 1 unspecified atom stereocenters. The van der Waals surface area contributed by atoms with Crippen LogP contribution in [-0.2, 0) is 10.6 Å². The van der Waals surface area contributed by atoms with Gasteiger partial charge >= 0.3 is 0 Å². The zero-order chi connectivity index (χ0) is 18.2. The van der Waals surface area contributed by atoms with Crippen LogP contribution < -0.4 is 4.74 Å². The summed E-state index contributed by atoms with van der Waals surface area (Å²) >= 11 is 1.41. The van der Waals surface area contributed by atoms with Crippen molar-refractivity contribution in [1.29, 1.82) is 0 Å². The van der Waals surface area contributed by atoms with E-state index in [4.69, 9.17) is 9.47 Å². The first-order chi connectivity index (χ1) is 12.0. The number of aromatic nitrogens is 4. The van der Waals surface area contributed by atoms with E-state index in [1.54, 1.807) is 0 Å². The lowest BCUT2D eigenvalue weighted by molar-refractivity contribution is -0.287. The molecule has 0 aromatic carbocycles. The average molecular weight is 372 g/mol. The summed E-state index contributed by atoms with van der Waals surface area (Å²) in [6, 6.07) is 0. The molecule has 2 aromatic rings. The van der Waals surface area contributed by atoms with Crippen LogP contribution in [0.5, 0.6) is 5.88 Å². The molecule has 10 nitrogen and oxygen atoms in total. The van der Waals surface area contributed by atoms with E-state index in [9.17, 15) is 20.4 Å². The lowest BCUT2D eigenvalue weighted by Crippen LogP contribution is -2.45. The Kier molecular flexibility index (Phi) is 5.14. The van der Waals surface area contributed by atoms with E-state index in [0.29, 0.717) is 5.16 Å². The van der Waals surface area contributed by atoms with Gasteiger partial charge in [-0.15, -0.1) is 0 Å². The van der Waals surface area contributed by atoms with Gasteiger partial charge in [0.1, 0.15) is 18.5 Å². The summed E-state index contributed by atoms with van der Waals surface area (Å²) in [5.41, 5.74) is 0.451. The minimum absolute atomic E-state index is 0.179. The summed E-state index contributed by atoms with van der Waals surface area (Å²) in [5.74, 6) is -1.32. The number of hydrogen-bond donors (Lipinski definition) is 4. The van der Waals surface area contributed by atoms with E-state index < -0.39 is 30.8 Å². The van der Waals surface area contributed by atoms with Crippen LogP contribution in [0.15, 0.2) is 11.5 Å². The van der Waals surface area contributed by atoms with Gasteiger partial charge in [-0.1, -0.05) is 18.7 Å². The third-order valence-electron chi connectivity index (χ3n) is 3.91. The second kappa shape index (κ2) is 7.02.